The van der Waals surface area contributed by atoms with Crippen molar-refractivity contribution in [2.75, 3.05) is 26.9 Å². The van der Waals surface area contributed by atoms with Crippen LogP contribution < -0.4 is 0 Å². The molecule has 0 saturated carbocycles. The van der Waals surface area contributed by atoms with Crippen molar-refractivity contribution in [1.29, 1.82) is 0 Å². The lowest BCUT2D eigenvalue weighted by Crippen LogP contribution is -2.52. The highest BCUT2D eigenvalue weighted by molar-refractivity contribution is 5.99. The Labute approximate surface area is 64.2 Å². The van der Waals surface area contributed by atoms with Gasteiger partial charge in [0.05, 0.1) is 19.8 Å². The predicted molar refractivity (Wildman–Crippen MR) is 36.4 cm³/mol. The molecular weight excluding hydrogens is 148 g/mol. The van der Waals surface area contributed by atoms with Gasteiger partial charge in [0, 0.05) is 7.05 Å². The zero-order chi connectivity index (χ0) is 8.43. The highest BCUT2D eigenvalue weighted by Gasteiger charge is 2.26. The number of aliphatic hydroxyl groups excluding tert-OH is 1. The fourth-order valence-corrected chi connectivity index (χ4v) is 0.890. The molecule has 0 radical (unpaired) electrons. The average molecular weight is 158 g/mol. The predicted octanol–water partition coefficient (Wildman–Crippen LogP) is -1.76. The molecule has 0 aromatic heterocycles. The molecule has 1 fully saturated rings. The van der Waals surface area contributed by atoms with Gasteiger partial charge in [0.25, 0.3) is 0 Å². The summed E-state index contributed by atoms with van der Waals surface area (Å²) in [5.74, 6) is -0.536. The van der Waals surface area contributed by atoms with Crippen LogP contribution in [0.1, 0.15) is 0 Å². The van der Waals surface area contributed by atoms with E-state index in [1.807, 2.05) is 0 Å². The molecule has 5 nitrogen and oxygen atoms in total. The SMILES string of the molecule is CN1C(=O)CN(CO)CC1=O. The van der Waals surface area contributed by atoms with E-state index in [0.29, 0.717) is 0 Å². The number of hydrogen-bond acceptors (Lipinski definition) is 4. The van der Waals surface area contributed by atoms with Crippen LogP contribution in [-0.2, 0) is 9.59 Å². The molecule has 0 spiro atoms. The van der Waals surface area contributed by atoms with Crippen molar-refractivity contribution in [2.45, 2.75) is 0 Å². The van der Waals surface area contributed by atoms with E-state index in [1.54, 1.807) is 0 Å². The van der Waals surface area contributed by atoms with Crippen molar-refractivity contribution >= 4 is 11.8 Å². The summed E-state index contributed by atoms with van der Waals surface area (Å²) in [5.41, 5.74) is 0. The van der Waals surface area contributed by atoms with E-state index in [-0.39, 0.29) is 31.6 Å². The van der Waals surface area contributed by atoms with Crippen LogP contribution in [0.15, 0.2) is 0 Å². The van der Waals surface area contributed by atoms with Gasteiger partial charge in [-0.1, -0.05) is 0 Å². The number of imide groups is 1. The van der Waals surface area contributed by atoms with E-state index < -0.39 is 0 Å². The number of aliphatic hydroxyl groups is 1. The summed E-state index contributed by atoms with van der Waals surface area (Å²) < 4.78 is 0. The van der Waals surface area contributed by atoms with E-state index in [1.165, 1.54) is 11.9 Å². The van der Waals surface area contributed by atoms with Gasteiger partial charge in [-0.15, -0.1) is 0 Å². The molecule has 2 amide bonds. The molecule has 1 heterocycles. The van der Waals surface area contributed by atoms with E-state index in [2.05, 4.69) is 0 Å². The first-order chi connectivity index (χ1) is 5.15. The number of nitrogens with zero attached hydrogens (tertiary/aromatic N) is 2. The van der Waals surface area contributed by atoms with Crippen LogP contribution in [0.5, 0.6) is 0 Å². The number of piperazine rings is 1. The second kappa shape index (κ2) is 2.98. The van der Waals surface area contributed by atoms with Crippen molar-refractivity contribution in [3.8, 4) is 0 Å². The van der Waals surface area contributed by atoms with Crippen LogP contribution in [-0.4, -0.2) is 53.6 Å². The van der Waals surface area contributed by atoms with E-state index in [4.69, 9.17) is 5.11 Å². The van der Waals surface area contributed by atoms with Crippen LogP contribution in [0.3, 0.4) is 0 Å². The maximum absolute atomic E-state index is 10.9. The Kier molecular flexibility index (Phi) is 2.21. The first kappa shape index (κ1) is 8.16. The zero-order valence-electron chi connectivity index (χ0n) is 6.28. The number of carbonyl (C=O) groups is 2. The minimum absolute atomic E-state index is 0.124. The number of likely N-dealkylation sites (N-methyl/N-ethyl adjacent to an activating group) is 1. The molecule has 1 aliphatic rings. The van der Waals surface area contributed by atoms with E-state index >= 15 is 0 Å². The summed E-state index contributed by atoms with van der Waals surface area (Å²) in [6.45, 7) is 0.00278. The standard InChI is InChI=1S/C6H10N2O3/c1-7-5(10)2-8(4-9)3-6(7)11/h9H,2-4H2,1H3. The van der Waals surface area contributed by atoms with Gasteiger partial charge in [0.1, 0.15) is 0 Å². The summed E-state index contributed by atoms with van der Waals surface area (Å²) in [5, 5.41) is 8.62. The van der Waals surface area contributed by atoms with Crippen molar-refractivity contribution < 1.29 is 14.7 Å². The Morgan fingerprint density at radius 1 is 1.36 bits per heavy atom. The van der Waals surface area contributed by atoms with Gasteiger partial charge in [0.2, 0.25) is 11.8 Å². The Bertz CT molecular complexity index is 174. The summed E-state index contributed by atoms with van der Waals surface area (Å²) in [4.78, 5) is 24.3. The Hall–Kier alpha value is -0.940. The molecule has 1 saturated heterocycles. The number of rotatable bonds is 1. The molecule has 0 aromatic carbocycles. The maximum atomic E-state index is 10.9. The largest absolute Gasteiger partial charge is 0.381 e. The topological polar surface area (TPSA) is 60.9 Å². The monoisotopic (exact) mass is 158 g/mol. The van der Waals surface area contributed by atoms with Crippen molar-refractivity contribution in [3.05, 3.63) is 0 Å². The van der Waals surface area contributed by atoms with Gasteiger partial charge in [-0.3, -0.25) is 19.4 Å². The number of hydrogen-bond donors (Lipinski definition) is 1. The Balaban J connectivity index is 2.62. The molecule has 5 heteroatoms. The van der Waals surface area contributed by atoms with Gasteiger partial charge in [-0.05, 0) is 0 Å². The fraction of sp³-hybridized carbons (Fsp3) is 0.667. The molecular formula is C6H10N2O3. The normalized spacial score (nSPS) is 21.1. The lowest BCUT2D eigenvalue weighted by molar-refractivity contribution is -0.151. The number of carbonyl (C=O) groups excluding carboxylic acids is 2. The third kappa shape index (κ3) is 1.55. The first-order valence-electron chi connectivity index (χ1n) is 3.27. The van der Waals surface area contributed by atoms with Crippen LogP contribution in [0.25, 0.3) is 0 Å². The smallest absolute Gasteiger partial charge is 0.243 e. The van der Waals surface area contributed by atoms with Crippen molar-refractivity contribution in [3.63, 3.8) is 0 Å². The molecule has 1 N–H and O–H groups in total. The van der Waals surface area contributed by atoms with Crippen LogP contribution >= 0.6 is 0 Å². The van der Waals surface area contributed by atoms with Gasteiger partial charge in [0.15, 0.2) is 0 Å². The van der Waals surface area contributed by atoms with Gasteiger partial charge < -0.3 is 5.11 Å². The number of amides is 2. The molecule has 1 rings (SSSR count). The Morgan fingerprint density at radius 3 is 2.18 bits per heavy atom. The lowest BCUT2D eigenvalue weighted by atomic mass is 10.3. The summed E-state index contributed by atoms with van der Waals surface area (Å²) in [7, 11) is 1.44. The van der Waals surface area contributed by atoms with Crippen LogP contribution in [0.2, 0.25) is 0 Å². The van der Waals surface area contributed by atoms with E-state index in [9.17, 15) is 9.59 Å². The molecule has 0 aromatic rings. The third-order valence-corrected chi connectivity index (χ3v) is 1.67. The molecule has 0 aliphatic carbocycles. The first-order valence-corrected chi connectivity index (χ1v) is 3.27. The minimum atomic E-state index is -0.268. The molecule has 0 atom stereocenters. The highest BCUT2D eigenvalue weighted by Crippen LogP contribution is 2.00. The van der Waals surface area contributed by atoms with E-state index in [0.717, 1.165) is 4.90 Å². The van der Waals surface area contributed by atoms with Crippen molar-refractivity contribution in [1.82, 2.24) is 9.80 Å². The average Bonchev–Trinajstić information content (AvgIpc) is 1.99. The van der Waals surface area contributed by atoms with Crippen LogP contribution in [0.4, 0.5) is 0 Å². The molecule has 62 valence electrons. The lowest BCUT2D eigenvalue weighted by Gasteiger charge is -2.28. The van der Waals surface area contributed by atoms with Crippen molar-refractivity contribution in [2.24, 2.45) is 0 Å². The van der Waals surface area contributed by atoms with Gasteiger partial charge in [-0.2, -0.15) is 0 Å². The summed E-state index contributed by atoms with van der Waals surface area (Å²) in [6, 6.07) is 0. The zero-order valence-corrected chi connectivity index (χ0v) is 6.28. The highest BCUT2D eigenvalue weighted by atomic mass is 16.3. The molecule has 0 unspecified atom stereocenters. The second-order valence-electron chi connectivity index (χ2n) is 2.47. The molecule has 0 bridgehead atoms. The van der Waals surface area contributed by atoms with Gasteiger partial charge >= 0.3 is 0 Å². The quantitative estimate of drug-likeness (QED) is 0.459. The van der Waals surface area contributed by atoms with Crippen LogP contribution in [0, 0.1) is 0 Å². The summed E-state index contributed by atoms with van der Waals surface area (Å²) >= 11 is 0. The second-order valence-corrected chi connectivity index (χ2v) is 2.47. The Morgan fingerprint density at radius 2 is 1.82 bits per heavy atom. The molecule has 1 aliphatic heterocycles. The fourth-order valence-electron chi connectivity index (χ4n) is 0.890. The minimum Gasteiger partial charge on any atom is -0.381 e. The maximum Gasteiger partial charge on any atom is 0.243 e. The summed E-state index contributed by atoms with van der Waals surface area (Å²) in [6.07, 6.45) is 0. The molecule has 11 heavy (non-hydrogen) atoms. The third-order valence-electron chi connectivity index (χ3n) is 1.67. The van der Waals surface area contributed by atoms with Gasteiger partial charge in [-0.25, -0.2) is 0 Å².